The van der Waals surface area contributed by atoms with E-state index in [1.165, 1.54) is 0 Å². The van der Waals surface area contributed by atoms with Gasteiger partial charge in [0, 0.05) is 0 Å². The van der Waals surface area contributed by atoms with Crippen LogP contribution >= 0.6 is 15.2 Å². The lowest BCUT2D eigenvalue weighted by Crippen LogP contribution is -2.19. The smallest absolute Gasteiger partial charge is 0.324 e. The lowest BCUT2D eigenvalue weighted by Gasteiger charge is -2.12. The molecule has 0 heterocycles. The second-order valence-electron chi connectivity index (χ2n) is 4.96. The predicted molar refractivity (Wildman–Crippen MR) is 86.4 cm³/mol. The SMILES string of the molecule is CCCCCC(N)P(=O)(O)O.O=P(O)(O)Cc1ccccc1. The minimum Gasteiger partial charge on any atom is -0.324 e. The molecule has 1 unspecified atom stereocenters. The molecule has 6 N–H and O–H groups in total. The molecule has 0 saturated carbocycles. The molecule has 0 fully saturated rings. The van der Waals surface area contributed by atoms with Crippen LogP contribution in [-0.4, -0.2) is 25.4 Å². The summed E-state index contributed by atoms with van der Waals surface area (Å²) in [5, 5.41) is 0. The van der Waals surface area contributed by atoms with Crippen molar-refractivity contribution in [2.45, 2.75) is 44.6 Å². The quantitative estimate of drug-likeness (QED) is 0.374. The van der Waals surface area contributed by atoms with Crippen molar-refractivity contribution < 1.29 is 28.7 Å². The van der Waals surface area contributed by atoms with Gasteiger partial charge in [0.2, 0.25) is 0 Å². The van der Waals surface area contributed by atoms with E-state index in [4.69, 9.17) is 25.3 Å². The Hall–Kier alpha value is -0.520. The van der Waals surface area contributed by atoms with E-state index in [0.29, 0.717) is 12.0 Å². The van der Waals surface area contributed by atoms with Gasteiger partial charge in [-0.1, -0.05) is 56.5 Å². The summed E-state index contributed by atoms with van der Waals surface area (Å²) in [7, 11) is -7.91. The van der Waals surface area contributed by atoms with Gasteiger partial charge >= 0.3 is 15.2 Å². The second-order valence-corrected chi connectivity index (χ2v) is 8.45. The molecular formula is C13H25NO6P2. The summed E-state index contributed by atoms with van der Waals surface area (Å²) in [5.74, 6) is -0.964. The van der Waals surface area contributed by atoms with E-state index < -0.39 is 21.0 Å². The number of nitrogens with two attached hydrogens (primary N) is 1. The summed E-state index contributed by atoms with van der Waals surface area (Å²) in [6, 6.07) is 8.71. The van der Waals surface area contributed by atoms with Crippen LogP contribution in [0, 0.1) is 0 Å². The zero-order valence-electron chi connectivity index (χ0n) is 12.6. The summed E-state index contributed by atoms with van der Waals surface area (Å²) < 4.78 is 21.0. The lowest BCUT2D eigenvalue weighted by atomic mass is 10.2. The first-order valence-electron chi connectivity index (χ1n) is 6.95. The number of rotatable bonds is 7. The monoisotopic (exact) mass is 353 g/mol. The maximum absolute atomic E-state index is 10.5. The van der Waals surface area contributed by atoms with E-state index in [9.17, 15) is 9.13 Å². The fourth-order valence-corrected chi connectivity index (χ4v) is 2.80. The molecule has 0 radical (unpaired) electrons. The molecule has 1 atom stereocenters. The molecule has 128 valence electrons. The molecule has 0 aliphatic heterocycles. The first-order valence-corrected chi connectivity index (χ1v) is 10.4. The van der Waals surface area contributed by atoms with E-state index in [2.05, 4.69) is 0 Å². The molecule has 0 bridgehead atoms. The molecule has 1 aromatic carbocycles. The lowest BCUT2D eigenvalue weighted by molar-refractivity contribution is 0.353. The molecule has 1 rings (SSSR count). The highest BCUT2D eigenvalue weighted by Crippen LogP contribution is 2.40. The van der Waals surface area contributed by atoms with Crippen LogP contribution in [0.4, 0.5) is 0 Å². The Bertz CT molecular complexity index is 499. The van der Waals surface area contributed by atoms with Crippen molar-refractivity contribution in [2.75, 3.05) is 0 Å². The number of unbranched alkanes of at least 4 members (excludes halogenated alkanes) is 2. The largest absolute Gasteiger partial charge is 0.342 e. The van der Waals surface area contributed by atoms with Gasteiger partial charge in [-0.15, -0.1) is 0 Å². The molecule has 0 spiro atoms. The summed E-state index contributed by atoms with van der Waals surface area (Å²) in [5.41, 5.74) is 5.90. The fourth-order valence-electron chi connectivity index (χ4n) is 1.59. The van der Waals surface area contributed by atoms with Gasteiger partial charge in [-0.2, -0.15) is 0 Å². The van der Waals surface area contributed by atoms with Crippen molar-refractivity contribution in [2.24, 2.45) is 5.73 Å². The first kappa shape index (κ1) is 21.5. The summed E-state index contributed by atoms with van der Waals surface area (Å²) in [4.78, 5) is 34.3. The molecule has 9 heteroatoms. The molecule has 0 aliphatic rings. The molecule has 0 aliphatic carbocycles. The third-order valence-corrected chi connectivity index (χ3v) is 4.67. The Balaban J connectivity index is 0.000000401. The summed E-state index contributed by atoms with van der Waals surface area (Å²) in [6.07, 6.45) is 3.05. The van der Waals surface area contributed by atoms with Gasteiger partial charge in [0.15, 0.2) is 0 Å². The first-order chi connectivity index (χ1) is 10.1. The Morgan fingerprint density at radius 2 is 1.59 bits per heavy atom. The van der Waals surface area contributed by atoms with Crippen molar-refractivity contribution in [3.8, 4) is 0 Å². The van der Waals surface area contributed by atoms with Gasteiger partial charge in [0.1, 0.15) is 5.78 Å². The van der Waals surface area contributed by atoms with Gasteiger partial charge in [0.05, 0.1) is 6.16 Å². The Kier molecular flexibility index (Phi) is 10.0. The zero-order valence-corrected chi connectivity index (χ0v) is 14.4. The molecule has 0 aromatic heterocycles. The summed E-state index contributed by atoms with van der Waals surface area (Å²) in [6.45, 7) is 2.03. The minimum atomic E-state index is -4.02. The van der Waals surface area contributed by atoms with Crippen molar-refractivity contribution in [1.82, 2.24) is 0 Å². The standard InChI is InChI=1S/C7H9O3P.C6H16NO3P/c8-11(9,10)6-7-4-2-1-3-5-7;1-2-3-4-5-6(7)11(8,9)10/h1-5H,6H2,(H2,8,9,10);6H,2-5,7H2,1H3,(H2,8,9,10). The maximum Gasteiger partial charge on any atom is 0.342 e. The number of hydrogen-bond donors (Lipinski definition) is 5. The normalized spacial score (nSPS) is 13.2. The maximum atomic E-state index is 10.5. The van der Waals surface area contributed by atoms with Gasteiger partial charge in [-0.05, 0) is 12.0 Å². The molecule has 1 aromatic rings. The minimum absolute atomic E-state index is 0.173. The van der Waals surface area contributed by atoms with Crippen molar-refractivity contribution >= 4 is 15.2 Å². The average molecular weight is 353 g/mol. The van der Waals surface area contributed by atoms with Gasteiger partial charge in [0.25, 0.3) is 0 Å². The van der Waals surface area contributed by atoms with E-state index in [1.807, 2.05) is 13.0 Å². The topological polar surface area (TPSA) is 141 Å². The highest BCUT2D eigenvalue weighted by atomic mass is 31.2. The fraction of sp³-hybridized carbons (Fsp3) is 0.538. The van der Waals surface area contributed by atoms with Crippen LogP contribution in [0.1, 0.15) is 38.2 Å². The molecule has 0 saturated heterocycles. The molecule has 22 heavy (non-hydrogen) atoms. The molecule has 0 amide bonds. The van der Waals surface area contributed by atoms with Gasteiger partial charge in [-0.25, -0.2) is 0 Å². The van der Waals surface area contributed by atoms with E-state index >= 15 is 0 Å². The molecular weight excluding hydrogens is 328 g/mol. The predicted octanol–water partition coefficient (Wildman–Crippen LogP) is 2.39. The van der Waals surface area contributed by atoms with Crippen LogP contribution in [0.15, 0.2) is 30.3 Å². The Labute approximate surface area is 130 Å². The summed E-state index contributed by atoms with van der Waals surface area (Å²) >= 11 is 0. The number of benzene rings is 1. The third kappa shape index (κ3) is 12.1. The van der Waals surface area contributed by atoms with Crippen LogP contribution in [0.5, 0.6) is 0 Å². The van der Waals surface area contributed by atoms with E-state index in [1.54, 1.807) is 24.3 Å². The van der Waals surface area contributed by atoms with Crippen LogP contribution in [0.3, 0.4) is 0 Å². The zero-order chi connectivity index (χ0) is 17.2. The van der Waals surface area contributed by atoms with Crippen molar-refractivity contribution in [3.05, 3.63) is 35.9 Å². The third-order valence-electron chi connectivity index (χ3n) is 2.77. The average Bonchev–Trinajstić information content (AvgIpc) is 2.37. The highest BCUT2D eigenvalue weighted by molar-refractivity contribution is 7.52. The van der Waals surface area contributed by atoms with Crippen LogP contribution in [-0.2, 0) is 15.3 Å². The Morgan fingerprint density at radius 3 is 2.00 bits per heavy atom. The number of hydrogen-bond acceptors (Lipinski definition) is 3. The van der Waals surface area contributed by atoms with E-state index in [0.717, 1.165) is 19.3 Å². The van der Waals surface area contributed by atoms with Crippen molar-refractivity contribution in [3.63, 3.8) is 0 Å². The highest BCUT2D eigenvalue weighted by Gasteiger charge is 2.23. The van der Waals surface area contributed by atoms with Crippen LogP contribution < -0.4 is 5.73 Å². The van der Waals surface area contributed by atoms with Gasteiger partial charge < -0.3 is 25.3 Å². The van der Waals surface area contributed by atoms with Crippen molar-refractivity contribution in [1.29, 1.82) is 0 Å². The van der Waals surface area contributed by atoms with Gasteiger partial charge in [-0.3, -0.25) is 9.13 Å². The van der Waals surface area contributed by atoms with Crippen LogP contribution in [0.25, 0.3) is 0 Å². The van der Waals surface area contributed by atoms with E-state index in [-0.39, 0.29) is 6.16 Å². The molecule has 7 nitrogen and oxygen atoms in total. The van der Waals surface area contributed by atoms with Crippen LogP contribution in [0.2, 0.25) is 0 Å². The Morgan fingerprint density at radius 1 is 1.05 bits per heavy atom. The second kappa shape index (κ2) is 10.3.